The van der Waals surface area contributed by atoms with Crippen LogP contribution in [0.5, 0.6) is 0 Å². The molecular formula is C21H21FN4OS. The average Bonchev–Trinajstić information content (AvgIpc) is 3.21. The maximum absolute atomic E-state index is 14.3. The number of nitrogens with zero attached hydrogens (tertiary/aromatic N) is 3. The molecule has 3 aromatic rings. The second-order valence-corrected chi connectivity index (χ2v) is 8.19. The third kappa shape index (κ3) is 4.04. The minimum atomic E-state index is -0.479. The summed E-state index contributed by atoms with van der Waals surface area (Å²) in [4.78, 5) is 14.4. The van der Waals surface area contributed by atoms with Crippen LogP contribution >= 0.6 is 11.3 Å². The van der Waals surface area contributed by atoms with E-state index in [4.69, 9.17) is 0 Å². The van der Waals surface area contributed by atoms with Crippen LogP contribution in [0.15, 0.2) is 36.4 Å². The minimum absolute atomic E-state index is 0.139. The third-order valence-corrected chi connectivity index (χ3v) is 5.72. The van der Waals surface area contributed by atoms with Gasteiger partial charge in [0.05, 0.1) is 5.69 Å². The fraction of sp³-hybridized carbons (Fsp3) is 0.286. The Morgan fingerprint density at radius 1 is 1.21 bits per heavy atom. The van der Waals surface area contributed by atoms with Crippen molar-refractivity contribution in [1.82, 2.24) is 14.8 Å². The second-order valence-electron chi connectivity index (χ2n) is 6.87. The molecule has 0 radical (unpaired) electrons. The summed E-state index contributed by atoms with van der Waals surface area (Å²) in [6.45, 7) is 2.87. The molecule has 1 amide bonds. The van der Waals surface area contributed by atoms with E-state index in [1.165, 1.54) is 23.4 Å². The topological polar surface area (TPSA) is 59.8 Å². The van der Waals surface area contributed by atoms with Gasteiger partial charge < -0.3 is 9.88 Å². The van der Waals surface area contributed by atoms with E-state index in [0.717, 1.165) is 47.9 Å². The monoisotopic (exact) mass is 396 g/mol. The van der Waals surface area contributed by atoms with Gasteiger partial charge in [-0.05, 0) is 56.2 Å². The van der Waals surface area contributed by atoms with Gasteiger partial charge in [-0.15, -0.1) is 21.5 Å². The Bertz CT molecular complexity index is 1040. The molecule has 5 nitrogen and oxygen atoms in total. The van der Waals surface area contributed by atoms with Crippen LogP contribution in [0.2, 0.25) is 0 Å². The summed E-state index contributed by atoms with van der Waals surface area (Å²) in [6.07, 6.45) is 7.41. The Balaban J connectivity index is 1.55. The van der Waals surface area contributed by atoms with Gasteiger partial charge in [-0.1, -0.05) is 6.42 Å². The number of benzene rings is 1. The second kappa shape index (κ2) is 8.06. The largest absolute Gasteiger partial charge is 0.320 e. The number of hydrogen-bond acceptors (Lipinski definition) is 4. The van der Waals surface area contributed by atoms with Crippen LogP contribution in [0, 0.1) is 12.7 Å². The molecule has 1 aromatic carbocycles. The number of fused-ring (bicyclic) bond motifs is 1. The smallest absolute Gasteiger partial charge is 0.248 e. The van der Waals surface area contributed by atoms with Crippen LogP contribution in [0.1, 0.15) is 34.8 Å². The van der Waals surface area contributed by atoms with E-state index >= 15 is 0 Å². The zero-order chi connectivity index (χ0) is 19.5. The summed E-state index contributed by atoms with van der Waals surface area (Å²) in [5.74, 6) is 0.837. The van der Waals surface area contributed by atoms with E-state index in [9.17, 15) is 9.18 Å². The van der Waals surface area contributed by atoms with Gasteiger partial charge in [-0.25, -0.2) is 4.39 Å². The molecule has 1 aliphatic heterocycles. The molecule has 7 heteroatoms. The predicted molar refractivity (Wildman–Crippen MR) is 110 cm³/mol. The molecule has 144 valence electrons. The van der Waals surface area contributed by atoms with Crippen molar-refractivity contribution in [3.05, 3.63) is 57.8 Å². The van der Waals surface area contributed by atoms with E-state index < -0.39 is 5.82 Å². The van der Waals surface area contributed by atoms with E-state index in [1.807, 2.05) is 19.1 Å². The molecule has 0 bridgehead atoms. The maximum atomic E-state index is 14.3. The fourth-order valence-electron chi connectivity index (χ4n) is 3.33. The summed E-state index contributed by atoms with van der Waals surface area (Å²) in [5, 5.41) is 11.2. The van der Waals surface area contributed by atoms with E-state index in [2.05, 4.69) is 20.1 Å². The van der Waals surface area contributed by atoms with Gasteiger partial charge in [0.1, 0.15) is 11.6 Å². The molecule has 0 fully saturated rings. The molecule has 0 atom stereocenters. The van der Waals surface area contributed by atoms with Crippen LogP contribution in [0.25, 0.3) is 17.5 Å². The Labute approximate surface area is 166 Å². The molecule has 1 N–H and O–H groups in total. The summed E-state index contributed by atoms with van der Waals surface area (Å²) in [7, 11) is 0. The molecule has 0 saturated carbocycles. The highest BCUT2D eigenvalue weighted by Crippen LogP contribution is 2.26. The quantitative estimate of drug-likeness (QED) is 0.643. The van der Waals surface area contributed by atoms with Crippen molar-refractivity contribution in [2.75, 3.05) is 5.32 Å². The standard InChI is InChI=1S/C21H21FN4OS/c1-14-6-8-16(28-14)9-11-20(27)23-18-13-15(7-10-17(18)22)21-25-24-19-5-3-2-4-12-26(19)21/h6-11,13H,2-5,12H2,1H3,(H,23,27)/b11-9+. The summed E-state index contributed by atoms with van der Waals surface area (Å²) in [6, 6.07) is 8.60. The highest BCUT2D eigenvalue weighted by molar-refractivity contribution is 7.12. The first-order valence-electron chi connectivity index (χ1n) is 9.37. The van der Waals surface area contributed by atoms with Gasteiger partial charge in [-0.3, -0.25) is 4.79 Å². The Kier molecular flexibility index (Phi) is 5.34. The number of hydrogen-bond donors (Lipinski definition) is 1. The zero-order valence-corrected chi connectivity index (χ0v) is 16.4. The van der Waals surface area contributed by atoms with Gasteiger partial charge in [0, 0.05) is 34.4 Å². The van der Waals surface area contributed by atoms with E-state index in [1.54, 1.807) is 29.5 Å². The Morgan fingerprint density at radius 2 is 2.11 bits per heavy atom. The molecule has 1 aliphatic rings. The number of carbonyl (C=O) groups is 1. The molecule has 0 aliphatic carbocycles. The lowest BCUT2D eigenvalue weighted by atomic mass is 10.1. The van der Waals surface area contributed by atoms with Crippen LogP contribution in [-0.2, 0) is 17.8 Å². The number of halogens is 1. The van der Waals surface area contributed by atoms with Crippen LogP contribution in [-0.4, -0.2) is 20.7 Å². The van der Waals surface area contributed by atoms with Gasteiger partial charge in [0.2, 0.25) is 5.91 Å². The highest BCUT2D eigenvalue weighted by Gasteiger charge is 2.17. The summed E-state index contributed by atoms with van der Waals surface area (Å²) >= 11 is 1.60. The van der Waals surface area contributed by atoms with Gasteiger partial charge in [0.15, 0.2) is 5.82 Å². The first-order chi connectivity index (χ1) is 13.6. The number of amides is 1. The molecule has 28 heavy (non-hydrogen) atoms. The number of thiophene rings is 1. The van der Waals surface area contributed by atoms with Crippen molar-refractivity contribution in [2.24, 2.45) is 0 Å². The molecular weight excluding hydrogens is 375 g/mol. The summed E-state index contributed by atoms with van der Waals surface area (Å²) in [5.41, 5.74) is 0.885. The van der Waals surface area contributed by atoms with Crippen molar-refractivity contribution in [1.29, 1.82) is 0 Å². The minimum Gasteiger partial charge on any atom is -0.320 e. The van der Waals surface area contributed by atoms with Gasteiger partial charge >= 0.3 is 0 Å². The summed E-state index contributed by atoms with van der Waals surface area (Å²) < 4.78 is 16.4. The fourth-order valence-corrected chi connectivity index (χ4v) is 4.11. The Hall–Kier alpha value is -2.80. The van der Waals surface area contributed by atoms with Crippen molar-refractivity contribution in [3.63, 3.8) is 0 Å². The molecule has 0 saturated heterocycles. The van der Waals surface area contributed by atoms with Crippen molar-refractivity contribution < 1.29 is 9.18 Å². The van der Waals surface area contributed by atoms with Crippen LogP contribution < -0.4 is 5.32 Å². The Morgan fingerprint density at radius 3 is 2.93 bits per heavy atom. The lowest BCUT2D eigenvalue weighted by Gasteiger charge is -2.09. The van der Waals surface area contributed by atoms with Crippen molar-refractivity contribution >= 4 is 29.0 Å². The molecule has 0 spiro atoms. The van der Waals surface area contributed by atoms with E-state index in [-0.39, 0.29) is 11.6 Å². The predicted octanol–water partition coefficient (Wildman–Crippen LogP) is 4.83. The van der Waals surface area contributed by atoms with E-state index in [0.29, 0.717) is 0 Å². The van der Waals surface area contributed by atoms with Crippen LogP contribution in [0.4, 0.5) is 10.1 Å². The first-order valence-corrected chi connectivity index (χ1v) is 10.2. The number of rotatable bonds is 4. The van der Waals surface area contributed by atoms with Gasteiger partial charge in [-0.2, -0.15) is 0 Å². The van der Waals surface area contributed by atoms with Crippen molar-refractivity contribution in [3.8, 4) is 11.4 Å². The number of nitrogens with one attached hydrogen (secondary N) is 1. The normalized spacial score (nSPS) is 14.1. The lowest BCUT2D eigenvalue weighted by molar-refractivity contribution is -0.111. The number of anilines is 1. The number of carbonyl (C=O) groups excluding carboxylic acids is 1. The van der Waals surface area contributed by atoms with Gasteiger partial charge in [0.25, 0.3) is 0 Å². The SMILES string of the molecule is Cc1ccc(/C=C/C(=O)Nc2cc(-c3nnc4n3CCCCC4)ccc2F)s1. The third-order valence-electron chi connectivity index (χ3n) is 4.75. The highest BCUT2D eigenvalue weighted by atomic mass is 32.1. The maximum Gasteiger partial charge on any atom is 0.248 e. The average molecular weight is 396 g/mol. The van der Waals surface area contributed by atoms with Crippen LogP contribution in [0.3, 0.4) is 0 Å². The molecule has 4 rings (SSSR count). The molecule has 2 aromatic heterocycles. The number of aryl methyl sites for hydroxylation is 2. The first kappa shape index (κ1) is 18.6. The number of aromatic nitrogens is 3. The zero-order valence-electron chi connectivity index (χ0n) is 15.6. The van der Waals surface area contributed by atoms with Crippen molar-refractivity contribution in [2.45, 2.75) is 39.2 Å². The lowest BCUT2D eigenvalue weighted by Crippen LogP contribution is -2.10. The molecule has 0 unspecified atom stereocenters. The molecule has 3 heterocycles.